The fraction of sp³-hybridized carbons (Fsp3) is 0.0769. The van der Waals surface area contributed by atoms with Gasteiger partial charge in [-0.05, 0) is 29.8 Å². The Labute approximate surface area is 117 Å². The van der Waals surface area contributed by atoms with Crippen molar-refractivity contribution in [2.45, 2.75) is 6.54 Å². The molecule has 0 radical (unpaired) electrons. The Morgan fingerprint density at radius 3 is 2.61 bits per heavy atom. The minimum absolute atomic E-state index is 0.0579. The number of rotatable bonds is 3. The van der Waals surface area contributed by atoms with Crippen molar-refractivity contribution in [2.24, 2.45) is 0 Å². The number of nitrogens with one attached hydrogen (secondary N) is 1. The van der Waals surface area contributed by atoms with Gasteiger partial charge >= 0.3 is 0 Å². The zero-order valence-electron chi connectivity index (χ0n) is 9.18. The molecule has 94 valence electrons. The molecule has 1 nitrogen and oxygen atoms in total. The smallest absolute Gasteiger partial charge is 0.147 e. The number of hydrogen-bond acceptors (Lipinski definition) is 1. The molecule has 2 rings (SSSR count). The van der Waals surface area contributed by atoms with Crippen LogP contribution in [0.4, 0.5) is 14.5 Å². The monoisotopic (exact) mass is 331 g/mol. The molecule has 0 aliphatic rings. The van der Waals surface area contributed by atoms with E-state index >= 15 is 0 Å². The van der Waals surface area contributed by atoms with Crippen molar-refractivity contribution in [1.29, 1.82) is 0 Å². The number of hydrogen-bond donors (Lipinski definition) is 1. The molecular weight excluding hydrogens is 324 g/mol. The van der Waals surface area contributed by atoms with Crippen molar-refractivity contribution < 1.29 is 8.78 Å². The van der Waals surface area contributed by atoms with E-state index in [-0.39, 0.29) is 17.4 Å². The van der Waals surface area contributed by atoms with Gasteiger partial charge in [-0.1, -0.05) is 39.7 Å². The molecule has 5 heteroatoms. The summed E-state index contributed by atoms with van der Waals surface area (Å²) in [6.45, 7) is 0.259. The fourth-order valence-corrected chi connectivity index (χ4v) is 2.03. The largest absolute Gasteiger partial charge is 0.379 e. The summed E-state index contributed by atoms with van der Waals surface area (Å²) in [4.78, 5) is 0. The average Bonchev–Trinajstić information content (AvgIpc) is 2.33. The first-order valence-electron chi connectivity index (χ1n) is 5.20. The minimum Gasteiger partial charge on any atom is -0.379 e. The van der Waals surface area contributed by atoms with E-state index in [0.717, 1.165) is 0 Å². The third kappa shape index (κ3) is 3.00. The highest BCUT2D eigenvalue weighted by Gasteiger charge is 2.07. The Bertz CT molecular complexity index is 575. The molecule has 0 spiro atoms. The minimum atomic E-state index is -0.479. The molecule has 0 aliphatic heterocycles. The van der Waals surface area contributed by atoms with Crippen LogP contribution in [0.2, 0.25) is 5.02 Å². The summed E-state index contributed by atoms with van der Waals surface area (Å²) in [5, 5.41) is 2.94. The molecule has 18 heavy (non-hydrogen) atoms. The summed E-state index contributed by atoms with van der Waals surface area (Å²) in [5.74, 6) is -0.857. The third-order valence-electron chi connectivity index (χ3n) is 2.43. The second kappa shape index (κ2) is 5.67. The van der Waals surface area contributed by atoms with E-state index < -0.39 is 5.82 Å². The zero-order valence-corrected chi connectivity index (χ0v) is 11.5. The molecular formula is C13H9BrClF2N. The molecule has 0 aromatic heterocycles. The van der Waals surface area contributed by atoms with Crippen LogP contribution in [-0.2, 0) is 6.54 Å². The molecule has 1 N–H and O–H groups in total. The van der Waals surface area contributed by atoms with Gasteiger partial charge in [0.25, 0.3) is 0 Å². The van der Waals surface area contributed by atoms with Gasteiger partial charge in [-0.3, -0.25) is 0 Å². The highest BCUT2D eigenvalue weighted by Crippen LogP contribution is 2.23. The molecule has 0 unspecified atom stereocenters. The van der Waals surface area contributed by atoms with Crippen molar-refractivity contribution in [1.82, 2.24) is 0 Å². The van der Waals surface area contributed by atoms with E-state index in [1.54, 1.807) is 24.3 Å². The molecule has 0 fully saturated rings. The van der Waals surface area contributed by atoms with Gasteiger partial charge in [0.05, 0.1) is 10.7 Å². The number of anilines is 1. The van der Waals surface area contributed by atoms with Crippen LogP contribution in [0.25, 0.3) is 0 Å². The van der Waals surface area contributed by atoms with Crippen molar-refractivity contribution in [3.05, 3.63) is 63.1 Å². The SMILES string of the molecule is Fc1cc(Br)ccc1NCc1cccc(F)c1Cl. The number of benzene rings is 2. The maximum absolute atomic E-state index is 13.5. The quantitative estimate of drug-likeness (QED) is 0.834. The topological polar surface area (TPSA) is 12.0 Å². The number of halogens is 4. The molecule has 0 atom stereocenters. The third-order valence-corrected chi connectivity index (χ3v) is 3.35. The molecule has 0 saturated carbocycles. The van der Waals surface area contributed by atoms with Crippen LogP contribution in [0.5, 0.6) is 0 Å². The lowest BCUT2D eigenvalue weighted by molar-refractivity contribution is 0.625. The molecule has 0 aliphatic carbocycles. The molecule has 0 bridgehead atoms. The van der Waals surface area contributed by atoms with Gasteiger partial charge in [0.1, 0.15) is 11.6 Å². The molecule has 0 amide bonds. The van der Waals surface area contributed by atoms with Crippen molar-refractivity contribution in [2.75, 3.05) is 5.32 Å². The van der Waals surface area contributed by atoms with E-state index in [1.165, 1.54) is 12.1 Å². The van der Waals surface area contributed by atoms with Crippen molar-refractivity contribution in [3.63, 3.8) is 0 Å². The van der Waals surface area contributed by atoms with Crippen LogP contribution in [0.15, 0.2) is 40.9 Å². The Kier molecular flexibility index (Phi) is 4.19. The van der Waals surface area contributed by atoms with E-state index in [2.05, 4.69) is 21.2 Å². The molecule has 2 aromatic carbocycles. The summed E-state index contributed by atoms with van der Waals surface area (Å²) >= 11 is 8.98. The van der Waals surface area contributed by atoms with Gasteiger partial charge in [-0.2, -0.15) is 0 Å². The predicted molar refractivity (Wildman–Crippen MR) is 72.8 cm³/mol. The summed E-state index contributed by atoms with van der Waals surface area (Å²) < 4.78 is 27.4. The van der Waals surface area contributed by atoms with Gasteiger partial charge in [-0.15, -0.1) is 0 Å². The van der Waals surface area contributed by atoms with E-state index in [1.807, 2.05) is 0 Å². The Balaban J connectivity index is 2.14. The summed E-state index contributed by atoms with van der Waals surface area (Å²) in [7, 11) is 0. The average molecular weight is 333 g/mol. The molecule has 0 saturated heterocycles. The first-order chi connectivity index (χ1) is 8.58. The Morgan fingerprint density at radius 2 is 1.89 bits per heavy atom. The second-order valence-electron chi connectivity index (χ2n) is 3.69. The summed E-state index contributed by atoms with van der Waals surface area (Å²) in [6, 6.07) is 9.22. The van der Waals surface area contributed by atoms with Crippen molar-refractivity contribution in [3.8, 4) is 0 Å². The normalized spacial score (nSPS) is 10.4. The Morgan fingerprint density at radius 1 is 1.11 bits per heavy atom. The maximum atomic E-state index is 13.5. The van der Waals surface area contributed by atoms with Crippen molar-refractivity contribution >= 4 is 33.2 Å². The van der Waals surface area contributed by atoms with E-state index in [0.29, 0.717) is 15.7 Å². The second-order valence-corrected chi connectivity index (χ2v) is 4.98. The van der Waals surface area contributed by atoms with Crippen LogP contribution in [-0.4, -0.2) is 0 Å². The van der Waals surface area contributed by atoms with E-state index in [9.17, 15) is 8.78 Å². The van der Waals surface area contributed by atoms with Crippen LogP contribution in [0, 0.1) is 11.6 Å². The van der Waals surface area contributed by atoms with Crippen LogP contribution in [0.1, 0.15) is 5.56 Å². The van der Waals surface area contributed by atoms with Gasteiger partial charge in [0.15, 0.2) is 0 Å². The van der Waals surface area contributed by atoms with E-state index in [4.69, 9.17) is 11.6 Å². The lowest BCUT2D eigenvalue weighted by Gasteiger charge is -2.09. The van der Waals surface area contributed by atoms with Gasteiger partial charge < -0.3 is 5.32 Å². The highest BCUT2D eigenvalue weighted by atomic mass is 79.9. The predicted octanol–water partition coefficient (Wildman–Crippen LogP) is 4.99. The first-order valence-corrected chi connectivity index (χ1v) is 6.37. The Hall–Kier alpha value is -1.13. The van der Waals surface area contributed by atoms with Gasteiger partial charge in [0.2, 0.25) is 0 Å². The first kappa shape index (κ1) is 13.3. The summed E-state index contributed by atoms with van der Waals surface area (Å²) in [5.41, 5.74) is 0.928. The standard InChI is InChI=1S/C13H9BrClF2N/c14-9-4-5-12(11(17)6-9)18-7-8-2-1-3-10(16)13(8)15/h1-6,18H,7H2. The highest BCUT2D eigenvalue weighted by molar-refractivity contribution is 9.10. The zero-order chi connectivity index (χ0) is 13.1. The lowest BCUT2D eigenvalue weighted by Crippen LogP contribution is -2.02. The van der Waals surface area contributed by atoms with Crippen LogP contribution in [0.3, 0.4) is 0 Å². The molecule has 2 aromatic rings. The maximum Gasteiger partial charge on any atom is 0.147 e. The molecule has 0 heterocycles. The lowest BCUT2D eigenvalue weighted by atomic mass is 10.2. The summed E-state index contributed by atoms with van der Waals surface area (Å²) in [6.07, 6.45) is 0. The van der Waals surface area contributed by atoms with Gasteiger partial charge in [-0.25, -0.2) is 8.78 Å². The van der Waals surface area contributed by atoms with Crippen LogP contribution >= 0.6 is 27.5 Å². The fourth-order valence-electron chi connectivity index (χ4n) is 1.51. The van der Waals surface area contributed by atoms with Gasteiger partial charge in [0, 0.05) is 11.0 Å². The van der Waals surface area contributed by atoms with Crippen LogP contribution < -0.4 is 5.32 Å².